The summed E-state index contributed by atoms with van der Waals surface area (Å²) in [7, 11) is 0. The Labute approximate surface area is 167 Å². The molecule has 2 amide bonds. The molecule has 0 aromatic carbocycles. The number of imidazole rings is 1. The number of hydrogen-bond donors (Lipinski definition) is 3. The molecule has 0 aliphatic heterocycles. The summed E-state index contributed by atoms with van der Waals surface area (Å²) in [5, 5.41) is 6.86. The normalized spacial score (nSPS) is 21.2. The second kappa shape index (κ2) is 6.92. The molecule has 5 rings (SSSR count). The number of fused-ring (bicyclic) bond motifs is 1. The third kappa shape index (κ3) is 3.41. The van der Waals surface area contributed by atoms with E-state index in [1.807, 2.05) is 10.8 Å². The first-order valence-corrected chi connectivity index (χ1v) is 10.9. The highest BCUT2D eigenvalue weighted by molar-refractivity contribution is 7.17. The minimum Gasteiger partial charge on any atom is -0.369 e. The van der Waals surface area contributed by atoms with Crippen molar-refractivity contribution < 1.29 is 9.59 Å². The zero-order chi connectivity index (χ0) is 19.3. The second-order valence-corrected chi connectivity index (χ2v) is 9.32. The van der Waals surface area contributed by atoms with Crippen LogP contribution < -0.4 is 16.4 Å². The third-order valence-electron chi connectivity index (χ3n) is 5.99. The van der Waals surface area contributed by atoms with Gasteiger partial charge < -0.3 is 20.9 Å². The first kappa shape index (κ1) is 17.7. The molecule has 148 valence electrons. The van der Waals surface area contributed by atoms with Gasteiger partial charge in [0.1, 0.15) is 5.00 Å². The smallest absolute Gasteiger partial charge is 0.254 e. The Hall–Kier alpha value is -2.35. The number of nitrogen functional groups attached to an aromatic ring is 1. The maximum absolute atomic E-state index is 13.1. The molecule has 7 nitrogen and oxygen atoms in total. The van der Waals surface area contributed by atoms with Gasteiger partial charge in [0.05, 0.1) is 5.56 Å². The monoisotopic (exact) mass is 399 g/mol. The zero-order valence-electron chi connectivity index (χ0n) is 15.7. The van der Waals surface area contributed by atoms with Crippen molar-refractivity contribution in [1.82, 2.24) is 14.9 Å². The van der Waals surface area contributed by atoms with E-state index in [0.717, 1.165) is 49.2 Å². The molecule has 2 saturated carbocycles. The topological polar surface area (TPSA) is 102 Å². The van der Waals surface area contributed by atoms with Gasteiger partial charge in [-0.3, -0.25) is 9.59 Å². The van der Waals surface area contributed by atoms with Gasteiger partial charge in [0.2, 0.25) is 5.91 Å². The number of nitrogens with zero attached hydrogens (tertiary/aromatic N) is 2. The van der Waals surface area contributed by atoms with Crippen molar-refractivity contribution in [3.8, 4) is 0 Å². The number of amides is 2. The number of carbonyl (C=O) groups is 2. The van der Waals surface area contributed by atoms with Crippen LogP contribution in [-0.4, -0.2) is 27.9 Å². The van der Waals surface area contributed by atoms with E-state index < -0.39 is 0 Å². The molecule has 2 aromatic rings. The van der Waals surface area contributed by atoms with E-state index in [9.17, 15) is 9.59 Å². The summed E-state index contributed by atoms with van der Waals surface area (Å²) < 4.78 is 1.99. The summed E-state index contributed by atoms with van der Waals surface area (Å²) in [6.07, 6.45) is 10.5. The summed E-state index contributed by atoms with van der Waals surface area (Å²) in [6, 6.07) is 0.187. The number of nitrogens with one attached hydrogen (secondary N) is 2. The number of hydrogen-bond acceptors (Lipinski definition) is 5. The van der Waals surface area contributed by atoms with Crippen molar-refractivity contribution >= 4 is 34.1 Å². The SMILES string of the molecule is Nc1nccn1C1CCc2sc(NC(=O)C3CC3)c(C(=O)NCC3CC3)c2C1. The lowest BCUT2D eigenvalue weighted by atomic mass is 9.91. The van der Waals surface area contributed by atoms with Crippen molar-refractivity contribution in [3.05, 3.63) is 28.4 Å². The van der Waals surface area contributed by atoms with Gasteiger partial charge in [-0.2, -0.15) is 0 Å². The van der Waals surface area contributed by atoms with Crippen molar-refractivity contribution in [2.24, 2.45) is 11.8 Å². The molecule has 2 aromatic heterocycles. The van der Waals surface area contributed by atoms with Gasteiger partial charge in [0.25, 0.3) is 5.91 Å². The summed E-state index contributed by atoms with van der Waals surface area (Å²) in [5.74, 6) is 1.21. The Bertz CT molecular complexity index is 925. The summed E-state index contributed by atoms with van der Waals surface area (Å²) >= 11 is 1.57. The molecule has 2 fully saturated rings. The molecule has 4 N–H and O–H groups in total. The average molecular weight is 400 g/mol. The zero-order valence-corrected chi connectivity index (χ0v) is 16.6. The Morgan fingerprint density at radius 3 is 2.75 bits per heavy atom. The predicted octanol–water partition coefficient (Wildman–Crippen LogP) is 2.75. The molecule has 0 saturated heterocycles. The van der Waals surface area contributed by atoms with Crippen LogP contribution in [0, 0.1) is 11.8 Å². The van der Waals surface area contributed by atoms with E-state index in [-0.39, 0.29) is 23.8 Å². The molecular formula is C20H25N5O2S. The summed E-state index contributed by atoms with van der Waals surface area (Å²) in [5.41, 5.74) is 7.74. The third-order valence-corrected chi connectivity index (χ3v) is 7.19. The number of nitrogens with two attached hydrogens (primary N) is 1. The maximum Gasteiger partial charge on any atom is 0.254 e. The minimum atomic E-state index is -0.0604. The maximum atomic E-state index is 13.1. The fourth-order valence-corrected chi connectivity index (χ4v) is 5.22. The predicted molar refractivity (Wildman–Crippen MR) is 108 cm³/mol. The van der Waals surface area contributed by atoms with Crippen LogP contribution in [0.1, 0.15) is 58.9 Å². The molecule has 8 heteroatoms. The standard InChI is InChI=1S/C20H25N5O2S/c21-20-22-7-8-25(20)13-5-6-15-14(9-13)16(18(27)23-10-11-1-2-11)19(28-15)24-17(26)12-3-4-12/h7-8,11-13H,1-6,9-10H2,(H2,21,22)(H,23,27)(H,24,26). The lowest BCUT2D eigenvalue weighted by Gasteiger charge is -2.25. The number of anilines is 2. The highest BCUT2D eigenvalue weighted by Crippen LogP contribution is 2.42. The number of aryl methyl sites for hydroxylation is 1. The Kier molecular flexibility index (Phi) is 4.38. The fourth-order valence-electron chi connectivity index (χ4n) is 3.97. The van der Waals surface area contributed by atoms with Gasteiger partial charge >= 0.3 is 0 Å². The molecule has 1 atom stereocenters. The van der Waals surface area contributed by atoms with E-state index in [4.69, 9.17) is 5.73 Å². The van der Waals surface area contributed by atoms with Gasteiger partial charge in [0, 0.05) is 35.8 Å². The van der Waals surface area contributed by atoms with Gasteiger partial charge in [-0.1, -0.05) is 0 Å². The van der Waals surface area contributed by atoms with Crippen molar-refractivity contribution in [2.75, 3.05) is 17.6 Å². The van der Waals surface area contributed by atoms with Gasteiger partial charge in [0.15, 0.2) is 5.95 Å². The Morgan fingerprint density at radius 1 is 1.25 bits per heavy atom. The molecular weight excluding hydrogens is 374 g/mol. The molecule has 3 aliphatic rings. The first-order chi connectivity index (χ1) is 13.6. The van der Waals surface area contributed by atoms with Crippen LogP contribution in [0.25, 0.3) is 0 Å². The first-order valence-electron chi connectivity index (χ1n) is 10.1. The lowest BCUT2D eigenvalue weighted by molar-refractivity contribution is -0.117. The van der Waals surface area contributed by atoms with E-state index in [0.29, 0.717) is 17.4 Å². The fraction of sp³-hybridized carbons (Fsp3) is 0.550. The number of rotatable bonds is 6. The quantitative estimate of drug-likeness (QED) is 0.695. The van der Waals surface area contributed by atoms with E-state index >= 15 is 0 Å². The molecule has 3 aliphatic carbocycles. The van der Waals surface area contributed by atoms with E-state index in [1.165, 1.54) is 17.7 Å². The molecule has 0 radical (unpaired) electrons. The number of thiophene rings is 1. The second-order valence-electron chi connectivity index (χ2n) is 8.21. The number of carbonyl (C=O) groups excluding carboxylic acids is 2. The van der Waals surface area contributed by atoms with Crippen molar-refractivity contribution in [3.63, 3.8) is 0 Å². The van der Waals surface area contributed by atoms with Crippen LogP contribution in [0.4, 0.5) is 10.9 Å². The number of aromatic nitrogens is 2. The van der Waals surface area contributed by atoms with E-state index in [2.05, 4.69) is 15.6 Å². The van der Waals surface area contributed by atoms with Crippen LogP contribution >= 0.6 is 11.3 Å². The molecule has 1 unspecified atom stereocenters. The minimum absolute atomic E-state index is 0.0465. The highest BCUT2D eigenvalue weighted by Gasteiger charge is 2.34. The van der Waals surface area contributed by atoms with Gasteiger partial charge in [-0.15, -0.1) is 11.3 Å². The van der Waals surface area contributed by atoms with Crippen LogP contribution in [0.5, 0.6) is 0 Å². The summed E-state index contributed by atoms with van der Waals surface area (Å²) in [6.45, 7) is 0.720. The Morgan fingerprint density at radius 2 is 2.07 bits per heavy atom. The highest BCUT2D eigenvalue weighted by atomic mass is 32.1. The lowest BCUT2D eigenvalue weighted by Crippen LogP contribution is -2.28. The van der Waals surface area contributed by atoms with Crippen LogP contribution in [-0.2, 0) is 17.6 Å². The summed E-state index contributed by atoms with van der Waals surface area (Å²) in [4.78, 5) is 30.8. The van der Waals surface area contributed by atoms with Crippen LogP contribution in [0.15, 0.2) is 12.4 Å². The van der Waals surface area contributed by atoms with Gasteiger partial charge in [-0.05, 0) is 56.4 Å². The Balaban J connectivity index is 1.44. The van der Waals surface area contributed by atoms with Gasteiger partial charge in [-0.25, -0.2) is 4.98 Å². The van der Waals surface area contributed by atoms with Crippen molar-refractivity contribution in [1.29, 1.82) is 0 Å². The average Bonchev–Trinajstić information content (AvgIpc) is 3.60. The van der Waals surface area contributed by atoms with Crippen LogP contribution in [0.2, 0.25) is 0 Å². The molecule has 0 spiro atoms. The van der Waals surface area contributed by atoms with Crippen molar-refractivity contribution in [2.45, 2.75) is 51.0 Å². The molecule has 0 bridgehead atoms. The van der Waals surface area contributed by atoms with E-state index in [1.54, 1.807) is 17.5 Å². The largest absolute Gasteiger partial charge is 0.369 e. The molecule has 28 heavy (non-hydrogen) atoms. The molecule has 2 heterocycles. The van der Waals surface area contributed by atoms with Crippen LogP contribution in [0.3, 0.4) is 0 Å².